The first-order valence-electron chi connectivity index (χ1n) is 8.53. The van der Waals surface area contributed by atoms with Gasteiger partial charge < -0.3 is 10.1 Å². The van der Waals surface area contributed by atoms with Crippen molar-refractivity contribution in [1.82, 2.24) is 9.78 Å². The minimum absolute atomic E-state index is 0.817. The standard InChI is InChI=1S/C20H20BrN3O/c1-25-18-12-5-4-11-17(18)24-20-15(9-6-7-13-22-20)19(23-24)14-8-2-3-10-16(14)21/h2-5,8,10-12,22H,6-7,9,13H2,1H3. The van der Waals surface area contributed by atoms with Gasteiger partial charge in [0, 0.05) is 22.1 Å². The largest absolute Gasteiger partial charge is 0.494 e. The SMILES string of the molecule is COc1ccccc1-n1nc(-c2ccccc2Br)c2c1NCCCC2. The molecule has 0 saturated carbocycles. The Morgan fingerprint density at radius 1 is 1.08 bits per heavy atom. The number of benzene rings is 2. The van der Waals surface area contributed by atoms with Crippen molar-refractivity contribution in [1.29, 1.82) is 0 Å². The van der Waals surface area contributed by atoms with E-state index in [-0.39, 0.29) is 0 Å². The van der Waals surface area contributed by atoms with Crippen LogP contribution in [0.25, 0.3) is 16.9 Å². The summed E-state index contributed by atoms with van der Waals surface area (Å²) in [7, 11) is 1.70. The van der Waals surface area contributed by atoms with Crippen LogP contribution in [0.2, 0.25) is 0 Å². The zero-order valence-electron chi connectivity index (χ0n) is 14.1. The van der Waals surface area contributed by atoms with Crippen LogP contribution < -0.4 is 10.1 Å². The van der Waals surface area contributed by atoms with E-state index in [1.165, 1.54) is 5.56 Å². The molecule has 0 fully saturated rings. The molecule has 0 amide bonds. The van der Waals surface area contributed by atoms with Crippen LogP contribution in [0.3, 0.4) is 0 Å². The lowest BCUT2D eigenvalue weighted by atomic mass is 10.0. The number of hydrogen-bond donors (Lipinski definition) is 1. The molecule has 0 unspecified atom stereocenters. The van der Waals surface area contributed by atoms with Crippen LogP contribution >= 0.6 is 15.9 Å². The molecule has 0 bridgehead atoms. The van der Waals surface area contributed by atoms with Crippen molar-refractivity contribution in [3.05, 3.63) is 58.6 Å². The summed E-state index contributed by atoms with van der Waals surface area (Å²) >= 11 is 3.68. The Balaban J connectivity index is 1.96. The lowest BCUT2D eigenvalue weighted by molar-refractivity contribution is 0.412. The summed E-state index contributed by atoms with van der Waals surface area (Å²) in [6.45, 7) is 0.962. The van der Waals surface area contributed by atoms with Gasteiger partial charge in [-0.1, -0.05) is 46.3 Å². The Kier molecular flexibility index (Phi) is 4.49. The van der Waals surface area contributed by atoms with E-state index in [1.807, 2.05) is 35.0 Å². The fourth-order valence-corrected chi connectivity index (χ4v) is 3.82. The number of nitrogens with zero attached hydrogens (tertiary/aromatic N) is 2. The van der Waals surface area contributed by atoms with Crippen LogP contribution in [-0.4, -0.2) is 23.4 Å². The van der Waals surface area contributed by atoms with E-state index in [0.29, 0.717) is 0 Å². The Morgan fingerprint density at radius 3 is 2.72 bits per heavy atom. The van der Waals surface area contributed by atoms with Gasteiger partial charge in [-0.3, -0.25) is 0 Å². The van der Waals surface area contributed by atoms with Gasteiger partial charge in [-0.05, 0) is 37.5 Å². The monoisotopic (exact) mass is 397 g/mol. The van der Waals surface area contributed by atoms with Gasteiger partial charge in [-0.15, -0.1) is 0 Å². The quantitative estimate of drug-likeness (QED) is 0.671. The number of anilines is 1. The van der Waals surface area contributed by atoms with E-state index in [2.05, 4.69) is 39.4 Å². The molecule has 1 aromatic heterocycles. The minimum atomic E-state index is 0.817. The van der Waals surface area contributed by atoms with Crippen LogP contribution in [-0.2, 0) is 6.42 Å². The highest BCUT2D eigenvalue weighted by molar-refractivity contribution is 9.10. The van der Waals surface area contributed by atoms with E-state index < -0.39 is 0 Å². The molecule has 0 spiro atoms. The van der Waals surface area contributed by atoms with Gasteiger partial charge in [0.15, 0.2) is 0 Å². The maximum atomic E-state index is 5.56. The van der Waals surface area contributed by atoms with Gasteiger partial charge in [0.05, 0.1) is 12.8 Å². The third-order valence-electron chi connectivity index (χ3n) is 4.57. The van der Waals surface area contributed by atoms with E-state index >= 15 is 0 Å². The molecule has 5 heteroatoms. The topological polar surface area (TPSA) is 39.1 Å². The first-order valence-corrected chi connectivity index (χ1v) is 9.33. The highest BCUT2D eigenvalue weighted by atomic mass is 79.9. The van der Waals surface area contributed by atoms with Gasteiger partial charge in [0.25, 0.3) is 0 Å². The molecular formula is C20H20BrN3O. The molecular weight excluding hydrogens is 378 g/mol. The molecule has 0 aliphatic carbocycles. The van der Waals surface area contributed by atoms with Crippen LogP contribution in [0.4, 0.5) is 5.82 Å². The first kappa shape index (κ1) is 16.2. The summed E-state index contributed by atoms with van der Waals surface area (Å²) < 4.78 is 8.62. The highest BCUT2D eigenvalue weighted by Gasteiger charge is 2.23. The molecule has 0 atom stereocenters. The summed E-state index contributed by atoms with van der Waals surface area (Å²) in [5.74, 6) is 1.89. The first-order chi connectivity index (χ1) is 12.3. The van der Waals surface area contributed by atoms with Crippen LogP contribution in [0.15, 0.2) is 53.0 Å². The molecule has 1 aliphatic heterocycles. The van der Waals surface area contributed by atoms with Gasteiger partial charge in [-0.2, -0.15) is 5.10 Å². The summed E-state index contributed by atoms with van der Waals surface area (Å²) in [6, 6.07) is 16.3. The number of fused-ring (bicyclic) bond motifs is 1. The summed E-state index contributed by atoms with van der Waals surface area (Å²) in [6.07, 6.45) is 3.35. The Hall–Kier alpha value is -2.27. The molecule has 2 heterocycles. The van der Waals surface area contributed by atoms with Crippen molar-refractivity contribution in [3.8, 4) is 22.7 Å². The van der Waals surface area contributed by atoms with Crippen LogP contribution in [0.1, 0.15) is 18.4 Å². The lowest BCUT2D eigenvalue weighted by Crippen LogP contribution is -2.08. The number of rotatable bonds is 3. The lowest BCUT2D eigenvalue weighted by Gasteiger charge is -2.12. The predicted molar refractivity (Wildman–Crippen MR) is 105 cm³/mol. The van der Waals surface area contributed by atoms with E-state index in [4.69, 9.17) is 9.84 Å². The number of halogens is 1. The molecule has 1 aliphatic rings. The van der Waals surface area contributed by atoms with Crippen molar-refractivity contribution < 1.29 is 4.74 Å². The van der Waals surface area contributed by atoms with Gasteiger partial charge in [0.2, 0.25) is 0 Å². The third kappa shape index (κ3) is 2.93. The second-order valence-corrected chi connectivity index (χ2v) is 6.98. The Bertz CT molecular complexity index is 904. The molecule has 2 aromatic carbocycles. The van der Waals surface area contributed by atoms with E-state index in [0.717, 1.165) is 58.8 Å². The van der Waals surface area contributed by atoms with E-state index in [1.54, 1.807) is 7.11 Å². The zero-order valence-corrected chi connectivity index (χ0v) is 15.7. The predicted octanol–water partition coefficient (Wildman–Crippen LogP) is 5.06. The fraction of sp³-hybridized carbons (Fsp3) is 0.250. The number of hydrogen-bond acceptors (Lipinski definition) is 3. The Labute approximate surface area is 156 Å². The van der Waals surface area contributed by atoms with Crippen LogP contribution in [0, 0.1) is 0 Å². The number of nitrogens with one attached hydrogen (secondary N) is 1. The summed E-state index contributed by atoms with van der Waals surface area (Å²) in [5, 5.41) is 8.57. The van der Waals surface area contributed by atoms with Gasteiger partial charge in [-0.25, -0.2) is 4.68 Å². The van der Waals surface area contributed by atoms with Crippen LogP contribution in [0.5, 0.6) is 5.75 Å². The number of methoxy groups -OCH3 is 1. The summed E-state index contributed by atoms with van der Waals surface area (Å²) in [4.78, 5) is 0. The van der Waals surface area contributed by atoms with Crippen molar-refractivity contribution in [2.24, 2.45) is 0 Å². The second-order valence-electron chi connectivity index (χ2n) is 6.12. The molecule has 3 aromatic rings. The summed E-state index contributed by atoms with van der Waals surface area (Å²) in [5.41, 5.74) is 4.38. The third-order valence-corrected chi connectivity index (χ3v) is 5.26. The molecule has 0 saturated heterocycles. The maximum Gasteiger partial charge on any atom is 0.144 e. The fourth-order valence-electron chi connectivity index (χ4n) is 3.35. The highest BCUT2D eigenvalue weighted by Crippen LogP contribution is 2.38. The maximum absolute atomic E-state index is 5.56. The normalized spacial score (nSPS) is 13.7. The average molecular weight is 398 g/mol. The number of ether oxygens (including phenoxy) is 1. The molecule has 4 rings (SSSR count). The van der Waals surface area contributed by atoms with Crippen molar-refractivity contribution in [3.63, 3.8) is 0 Å². The smallest absolute Gasteiger partial charge is 0.144 e. The zero-order chi connectivity index (χ0) is 17.2. The number of aromatic nitrogens is 2. The molecule has 128 valence electrons. The van der Waals surface area contributed by atoms with E-state index in [9.17, 15) is 0 Å². The second kappa shape index (κ2) is 6.92. The van der Waals surface area contributed by atoms with Crippen molar-refractivity contribution in [2.75, 3.05) is 19.0 Å². The number of para-hydroxylation sites is 2. The Morgan fingerprint density at radius 2 is 1.88 bits per heavy atom. The molecule has 25 heavy (non-hydrogen) atoms. The minimum Gasteiger partial charge on any atom is -0.494 e. The van der Waals surface area contributed by atoms with Crippen molar-refractivity contribution in [2.45, 2.75) is 19.3 Å². The van der Waals surface area contributed by atoms with Gasteiger partial charge >= 0.3 is 0 Å². The van der Waals surface area contributed by atoms with Gasteiger partial charge in [0.1, 0.15) is 17.3 Å². The molecule has 0 radical (unpaired) electrons. The van der Waals surface area contributed by atoms with Crippen molar-refractivity contribution >= 4 is 21.7 Å². The average Bonchev–Trinajstić information content (AvgIpc) is 2.83. The molecule has 1 N–H and O–H groups in total. The molecule has 4 nitrogen and oxygen atoms in total.